The van der Waals surface area contributed by atoms with Crippen LogP contribution in [0.3, 0.4) is 0 Å². The second-order valence-electron chi connectivity index (χ2n) is 5.96. The number of halogens is 3. The van der Waals surface area contributed by atoms with Gasteiger partial charge in [0, 0.05) is 12.2 Å². The first-order chi connectivity index (χ1) is 12.6. The number of amides is 2. The van der Waals surface area contributed by atoms with E-state index in [-0.39, 0.29) is 19.1 Å². The zero-order chi connectivity index (χ0) is 20.0. The zero-order valence-corrected chi connectivity index (χ0v) is 14.8. The summed E-state index contributed by atoms with van der Waals surface area (Å²) in [4.78, 5) is 22.7. The summed E-state index contributed by atoms with van der Waals surface area (Å²) < 4.78 is 41.8. The Morgan fingerprint density at radius 3 is 2.26 bits per heavy atom. The number of anilines is 1. The maximum absolute atomic E-state index is 12.1. The molecule has 0 fully saturated rings. The van der Waals surface area contributed by atoms with E-state index in [1.165, 1.54) is 24.3 Å². The van der Waals surface area contributed by atoms with Crippen molar-refractivity contribution in [2.45, 2.75) is 26.6 Å². The lowest BCUT2D eigenvalue weighted by Gasteiger charge is -2.10. The Morgan fingerprint density at radius 1 is 1.00 bits per heavy atom. The Hall–Kier alpha value is -3.03. The fourth-order valence-corrected chi connectivity index (χ4v) is 2.14. The van der Waals surface area contributed by atoms with Crippen LogP contribution in [-0.4, -0.2) is 24.6 Å². The molecule has 0 radical (unpaired) electrons. The van der Waals surface area contributed by atoms with E-state index < -0.39 is 12.1 Å². The molecule has 5 nitrogen and oxygen atoms in total. The summed E-state index contributed by atoms with van der Waals surface area (Å²) in [5.41, 5.74) is 3.12. The molecule has 0 bridgehead atoms. The number of aryl methyl sites for hydroxylation is 2. The normalized spacial score (nSPS) is 11.0. The van der Waals surface area contributed by atoms with Crippen molar-refractivity contribution in [1.82, 2.24) is 5.32 Å². The first-order valence-corrected chi connectivity index (χ1v) is 8.09. The van der Waals surface area contributed by atoms with E-state index in [2.05, 4.69) is 5.32 Å². The topological polar surface area (TPSA) is 67.4 Å². The largest absolute Gasteiger partial charge is 0.484 e. The zero-order valence-electron chi connectivity index (χ0n) is 14.8. The van der Waals surface area contributed by atoms with Gasteiger partial charge in [0.15, 0.2) is 6.61 Å². The molecule has 0 saturated heterocycles. The van der Waals surface area contributed by atoms with Crippen molar-refractivity contribution in [2.24, 2.45) is 0 Å². The third-order valence-corrected chi connectivity index (χ3v) is 3.80. The van der Waals surface area contributed by atoms with Crippen molar-refractivity contribution < 1.29 is 27.5 Å². The van der Waals surface area contributed by atoms with Crippen LogP contribution in [0.15, 0.2) is 42.5 Å². The number of benzene rings is 2. The van der Waals surface area contributed by atoms with Crippen molar-refractivity contribution in [3.05, 3.63) is 59.2 Å². The summed E-state index contributed by atoms with van der Waals surface area (Å²) in [7, 11) is 0. The maximum Gasteiger partial charge on any atom is 0.471 e. The van der Waals surface area contributed by atoms with E-state index in [9.17, 15) is 22.8 Å². The van der Waals surface area contributed by atoms with Gasteiger partial charge in [-0.2, -0.15) is 13.2 Å². The van der Waals surface area contributed by atoms with E-state index in [0.717, 1.165) is 11.1 Å². The standard InChI is InChI=1S/C19H19F3N2O3/c1-12-3-8-16(9-13(12)2)27-11-17(25)24-15-6-4-14(5-7-15)10-23-18(26)19(20,21)22/h3-9H,10-11H2,1-2H3,(H,23,26)(H,24,25). The molecule has 0 aliphatic carbocycles. The number of carbonyl (C=O) groups excluding carboxylic acids is 2. The van der Waals surface area contributed by atoms with Crippen molar-refractivity contribution in [3.63, 3.8) is 0 Å². The molecule has 0 aliphatic heterocycles. The van der Waals surface area contributed by atoms with Crippen molar-refractivity contribution in [1.29, 1.82) is 0 Å². The van der Waals surface area contributed by atoms with E-state index in [0.29, 0.717) is 17.0 Å². The molecule has 27 heavy (non-hydrogen) atoms. The molecule has 2 aromatic carbocycles. The fourth-order valence-electron chi connectivity index (χ4n) is 2.14. The SMILES string of the molecule is Cc1ccc(OCC(=O)Nc2ccc(CNC(=O)C(F)(F)F)cc2)cc1C. The summed E-state index contributed by atoms with van der Waals surface area (Å²) in [6.07, 6.45) is -4.91. The molecule has 2 N–H and O–H groups in total. The molecule has 144 valence electrons. The van der Waals surface area contributed by atoms with Gasteiger partial charge >= 0.3 is 12.1 Å². The minimum Gasteiger partial charge on any atom is -0.484 e. The minimum absolute atomic E-state index is 0.175. The highest BCUT2D eigenvalue weighted by molar-refractivity contribution is 5.91. The van der Waals surface area contributed by atoms with Crippen molar-refractivity contribution in [3.8, 4) is 5.75 Å². The predicted molar refractivity (Wildman–Crippen MR) is 94.4 cm³/mol. The van der Waals surface area contributed by atoms with E-state index in [4.69, 9.17) is 4.74 Å². The van der Waals surface area contributed by atoms with Gasteiger partial charge in [-0.05, 0) is 54.8 Å². The molecule has 0 heterocycles. The van der Waals surface area contributed by atoms with Crippen LogP contribution in [0.5, 0.6) is 5.75 Å². The Kier molecular flexibility index (Phi) is 6.44. The molecular weight excluding hydrogens is 361 g/mol. The Bertz CT molecular complexity index is 818. The molecule has 0 unspecified atom stereocenters. The average Bonchev–Trinajstić information content (AvgIpc) is 2.61. The van der Waals surface area contributed by atoms with Gasteiger partial charge in [0.1, 0.15) is 5.75 Å². The summed E-state index contributed by atoms with van der Waals surface area (Å²) in [6.45, 7) is 3.49. The van der Waals surface area contributed by atoms with Crippen LogP contribution in [0.1, 0.15) is 16.7 Å². The highest BCUT2D eigenvalue weighted by atomic mass is 19.4. The fraction of sp³-hybridized carbons (Fsp3) is 0.263. The molecular formula is C19H19F3N2O3. The van der Waals surface area contributed by atoms with Gasteiger partial charge in [0.25, 0.3) is 5.91 Å². The summed E-state index contributed by atoms with van der Waals surface area (Å²) >= 11 is 0. The van der Waals surface area contributed by atoms with E-state index in [1.807, 2.05) is 26.0 Å². The second-order valence-corrected chi connectivity index (χ2v) is 5.96. The van der Waals surface area contributed by atoms with Crippen molar-refractivity contribution in [2.75, 3.05) is 11.9 Å². The van der Waals surface area contributed by atoms with Crippen LogP contribution in [0, 0.1) is 13.8 Å². The number of nitrogens with one attached hydrogen (secondary N) is 2. The van der Waals surface area contributed by atoms with E-state index in [1.54, 1.807) is 11.4 Å². The summed E-state index contributed by atoms with van der Waals surface area (Å²) in [5.74, 6) is -1.78. The number of alkyl halides is 3. The number of hydrogen-bond donors (Lipinski definition) is 2. The number of rotatable bonds is 6. The summed E-state index contributed by atoms with van der Waals surface area (Å²) in [6, 6.07) is 11.6. The average molecular weight is 380 g/mol. The predicted octanol–water partition coefficient (Wildman–Crippen LogP) is 3.50. The molecule has 2 rings (SSSR count). The van der Waals surface area contributed by atoms with Crippen molar-refractivity contribution >= 4 is 17.5 Å². The molecule has 0 atom stereocenters. The minimum atomic E-state index is -4.91. The molecule has 0 aliphatic rings. The third-order valence-electron chi connectivity index (χ3n) is 3.80. The van der Waals surface area contributed by atoms with Gasteiger partial charge in [0.2, 0.25) is 0 Å². The Morgan fingerprint density at radius 2 is 1.67 bits per heavy atom. The number of ether oxygens (including phenoxy) is 1. The maximum atomic E-state index is 12.1. The van der Waals surface area contributed by atoms with Gasteiger partial charge in [-0.1, -0.05) is 18.2 Å². The quantitative estimate of drug-likeness (QED) is 0.806. The van der Waals surface area contributed by atoms with Gasteiger partial charge in [0.05, 0.1) is 0 Å². The van der Waals surface area contributed by atoms with Gasteiger partial charge in [-0.15, -0.1) is 0 Å². The first-order valence-electron chi connectivity index (χ1n) is 8.09. The Labute approximate surface area is 154 Å². The second kappa shape index (κ2) is 8.57. The first kappa shape index (κ1) is 20.3. The lowest BCUT2D eigenvalue weighted by Crippen LogP contribution is -2.36. The lowest BCUT2D eigenvalue weighted by atomic mass is 10.1. The lowest BCUT2D eigenvalue weighted by molar-refractivity contribution is -0.173. The van der Waals surface area contributed by atoms with Crippen LogP contribution < -0.4 is 15.4 Å². The van der Waals surface area contributed by atoms with Gasteiger partial charge in [-0.25, -0.2) is 0 Å². The molecule has 2 aromatic rings. The highest BCUT2D eigenvalue weighted by Gasteiger charge is 2.38. The van der Waals surface area contributed by atoms with Crippen LogP contribution in [0.2, 0.25) is 0 Å². The Balaban J connectivity index is 1.82. The van der Waals surface area contributed by atoms with Gasteiger partial charge in [-0.3, -0.25) is 9.59 Å². The van der Waals surface area contributed by atoms with Crippen LogP contribution in [-0.2, 0) is 16.1 Å². The van der Waals surface area contributed by atoms with Crippen LogP contribution in [0.4, 0.5) is 18.9 Å². The van der Waals surface area contributed by atoms with Crippen LogP contribution >= 0.6 is 0 Å². The number of hydrogen-bond acceptors (Lipinski definition) is 3. The molecule has 0 spiro atoms. The van der Waals surface area contributed by atoms with E-state index >= 15 is 0 Å². The molecule has 2 amide bonds. The molecule has 8 heteroatoms. The van der Waals surface area contributed by atoms with Gasteiger partial charge < -0.3 is 15.4 Å². The summed E-state index contributed by atoms with van der Waals surface area (Å²) in [5, 5.41) is 4.40. The third kappa shape index (κ3) is 6.32. The number of carbonyl (C=O) groups is 2. The monoisotopic (exact) mass is 380 g/mol. The molecule has 0 saturated carbocycles. The highest BCUT2D eigenvalue weighted by Crippen LogP contribution is 2.17. The molecule has 0 aromatic heterocycles. The smallest absolute Gasteiger partial charge is 0.471 e. The van der Waals surface area contributed by atoms with Crippen LogP contribution in [0.25, 0.3) is 0 Å².